The van der Waals surface area contributed by atoms with Gasteiger partial charge in [0, 0.05) is 51.3 Å². The first-order valence-electron chi connectivity index (χ1n) is 8.01. The lowest BCUT2D eigenvalue weighted by atomic mass is 10.1. The van der Waals surface area contributed by atoms with Gasteiger partial charge in [-0.05, 0) is 24.7 Å². The molecule has 0 aromatic heterocycles. The van der Waals surface area contributed by atoms with E-state index in [0.717, 1.165) is 31.7 Å². The molecule has 128 valence electrons. The number of aliphatic hydroxyl groups excluding tert-OH is 1. The summed E-state index contributed by atoms with van der Waals surface area (Å²) in [5.74, 6) is -0.00954. The number of likely N-dealkylation sites (N-methyl/N-ethyl adjacent to an activating group) is 2. The third-order valence-electron chi connectivity index (χ3n) is 4.22. The molecule has 1 N–H and O–H groups in total. The van der Waals surface area contributed by atoms with E-state index in [1.54, 1.807) is 24.1 Å². The molecule has 0 aliphatic carbocycles. The van der Waals surface area contributed by atoms with Crippen LogP contribution in [0.5, 0.6) is 0 Å². The smallest absolute Gasteiger partial charge is 0.226 e. The predicted molar refractivity (Wildman–Crippen MR) is 92.7 cm³/mol. The molecule has 0 radical (unpaired) electrons. The first kappa shape index (κ1) is 18.2. The van der Waals surface area contributed by atoms with Crippen LogP contribution in [0.15, 0.2) is 24.3 Å². The molecule has 6 heteroatoms. The summed E-state index contributed by atoms with van der Waals surface area (Å²) in [5.41, 5.74) is 0.892. The average molecular weight is 340 g/mol. The highest BCUT2D eigenvalue weighted by molar-refractivity contribution is 6.30. The number of halogens is 1. The Morgan fingerprint density at radius 3 is 2.70 bits per heavy atom. The van der Waals surface area contributed by atoms with Crippen LogP contribution in [-0.2, 0) is 11.2 Å². The van der Waals surface area contributed by atoms with Crippen molar-refractivity contribution in [2.45, 2.75) is 12.5 Å². The van der Waals surface area contributed by atoms with Gasteiger partial charge in [0.15, 0.2) is 0 Å². The largest absolute Gasteiger partial charge is 0.390 e. The zero-order chi connectivity index (χ0) is 16.8. The van der Waals surface area contributed by atoms with Crippen LogP contribution in [0.1, 0.15) is 5.56 Å². The van der Waals surface area contributed by atoms with E-state index in [0.29, 0.717) is 24.5 Å². The second kappa shape index (κ2) is 8.64. The topological polar surface area (TPSA) is 47.0 Å². The Hall–Kier alpha value is -1.14. The number of rotatable bonds is 6. The Labute approximate surface area is 143 Å². The van der Waals surface area contributed by atoms with Gasteiger partial charge in [-0.25, -0.2) is 0 Å². The third kappa shape index (κ3) is 6.11. The minimum Gasteiger partial charge on any atom is -0.390 e. The van der Waals surface area contributed by atoms with Crippen molar-refractivity contribution in [2.24, 2.45) is 0 Å². The summed E-state index contributed by atoms with van der Waals surface area (Å²) in [4.78, 5) is 18.4. The Balaban J connectivity index is 1.76. The molecule has 1 fully saturated rings. The van der Waals surface area contributed by atoms with E-state index in [-0.39, 0.29) is 5.91 Å². The Morgan fingerprint density at radius 1 is 1.35 bits per heavy atom. The molecule has 1 unspecified atom stereocenters. The third-order valence-corrected chi connectivity index (χ3v) is 4.45. The highest BCUT2D eigenvalue weighted by Crippen LogP contribution is 2.12. The molecule has 0 bridgehead atoms. The van der Waals surface area contributed by atoms with Gasteiger partial charge in [0.05, 0.1) is 12.5 Å². The number of nitrogens with zero attached hydrogens (tertiary/aromatic N) is 3. The molecule has 2 rings (SSSR count). The van der Waals surface area contributed by atoms with Crippen LogP contribution in [0.25, 0.3) is 0 Å². The lowest BCUT2D eigenvalue weighted by Gasteiger charge is -2.34. The van der Waals surface area contributed by atoms with Crippen molar-refractivity contribution in [3.05, 3.63) is 34.9 Å². The van der Waals surface area contributed by atoms with Crippen LogP contribution in [0, 0.1) is 0 Å². The van der Waals surface area contributed by atoms with Crippen LogP contribution >= 0.6 is 11.6 Å². The van der Waals surface area contributed by atoms with Crippen molar-refractivity contribution in [3.63, 3.8) is 0 Å². The number of carbonyl (C=O) groups excluding carboxylic acids is 1. The number of piperazine rings is 1. The summed E-state index contributed by atoms with van der Waals surface area (Å²) in [6, 6.07) is 7.32. The van der Waals surface area contributed by atoms with E-state index >= 15 is 0 Å². The first-order chi connectivity index (χ1) is 10.9. The van der Waals surface area contributed by atoms with Gasteiger partial charge in [0.1, 0.15) is 0 Å². The maximum atomic E-state index is 12.2. The van der Waals surface area contributed by atoms with E-state index in [9.17, 15) is 9.90 Å². The van der Waals surface area contributed by atoms with Crippen molar-refractivity contribution in [2.75, 3.05) is 53.4 Å². The highest BCUT2D eigenvalue weighted by Gasteiger charge is 2.19. The molecule has 1 atom stereocenters. The summed E-state index contributed by atoms with van der Waals surface area (Å²) in [5, 5.41) is 10.9. The van der Waals surface area contributed by atoms with Crippen molar-refractivity contribution in [1.82, 2.24) is 14.7 Å². The second-order valence-electron chi connectivity index (χ2n) is 6.34. The zero-order valence-electron chi connectivity index (χ0n) is 13.9. The first-order valence-corrected chi connectivity index (χ1v) is 8.39. The van der Waals surface area contributed by atoms with Gasteiger partial charge in [-0.1, -0.05) is 23.7 Å². The van der Waals surface area contributed by atoms with E-state index in [4.69, 9.17) is 11.6 Å². The summed E-state index contributed by atoms with van der Waals surface area (Å²) in [6.45, 7) is 4.95. The summed E-state index contributed by atoms with van der Waals surface area (Å²) < 4.78 is 0. The molecule has 23 heavy (non-hydrogen) atoms. The van der Waals surface area contributed by atoms with Gasteiger partial charge in [0.2, 0.25) is 5.91 Å². The number of carbonyl (C=O) groups is 1. The Kier molecular flexibility index (Phi) is 6.84. The fraction of sp³-hybridized carbons (Fsp3) is 0.588. The second-order valence-corrected chi connectivity index (χ2v) is 6.78. The number of β-amino-alcohol motifs (C(OH)–C–C–N with tert-alkyl or cyclic N) is 1. The lowest BCUT2D eigenvalue weighted by Crippen LogP contribution is -2.49. The number of benzene rings is 1. The van der Waals surface area contributed by atoms with Crippen LogP contribution in [0.4, 0.5) is 0 Å². The predicted octanol–water partition coefficient (Wildman–Crippen LogP) is 0.949. The molecule has 1 saturated heterocycles. The van der Waals surface area contributed by atoms with Crippen molar-refractivity contribution in [3.8, 4) is 0 Å². The molecule has 1 amide bonds. The molecule has 1 aromatic rings. The van der Waals surface area contributed by atoms with Crippen LogP contribution in [0.3, 0.4) is 0 Å². The fourth-order valence-corrected chi connectivity index (χ4v) is 2.97. The van der Waals surface area contributed by atoms with E-state index in [1.165, 1.54) is 0 Å². The van der Waals surface area contributed by atoms with Gasteiger partial charge < -0.3 is 14.9 Å². The molecule has 5 nitrogen and oxygen atoms in total. The van der Waals surface area contributed by atoms with E-state index in [1.807, 2.05) is 12.1 Å². The molecule has 0 saturated carbocycles. The molecule has 1 aromatic carbocycles. The maximum absolute atomic E-state index is 12.2. The molecular weight excluding hydrogens is 314 g/mol. The van der Waals surface area contributed by atoms with Gasteiger partial charge in [-0.15, -0.1) is 0 Å². The zero-order valence-corrected chi connectivity index (χ0v) is 14.7. The minimum absolute atomic E-state index is 0.00954. The number of aliphatic hydroxyl groups is 1. The number of hydrogen-bond donors (Lipinski definition) is 1. The van der Waals surface area contributed by atoms with Gasteiger partial charge in [-0.2, -0.15) is 0 Å². The van der Waals surface area contributed by atoms with Crippen LogP contribution < -0.4 is 0 Å². The van der Waals surface area contributed by atoms with Gasteiger partial charge >= 0.3 is 0 Å². The highest BCUT2D eigenvalue weighted by atomic mass is 35.5. The van der Waals surface area contributed by atoms with Crippen LogP contribution in [0.2, 0.25) is 5.02 Å². The average Bonchev–Trinajstić information content (AvgIpc) is 2.49. The molecule has 1 aliphatic rings. The fourth-order valence-electron chi connectivity index (χ4n) is 2.76. The van der Waals surface area contributed by atoms with Crippen molar-refractivity contribution < 1.29 is 9.90 Å². The minimum atomic E-state index is -0.522. The molecule has 1 heterocycles. The van der Waals surface area contributed by atoms with Gasteiger partial charge in [-0.3, -0.25) is 9.69 Å². The van der Waals surface area contributed by atoms with Crippen molar-refractivity contribution >= 4 is 17.5 Å². The Morgan fingerprint density at radius 2 is 2.04 bits per heavy atom. The van der Waals surface area contributed by atoms with Crippen LogP contribution in [-0.4, -0.2) is 85.2 Å². The van der Waals surface area contributed by atoms with Gasteiger partial charge in [0.25, 0.3) is 0 Å². The van der Waals surface area contributed by atoms with Crippen molar-refractivity contribution in [1.29, 1.82) is 0 Å². The maximum Gasteiger partial charge on any atom is 0.226 e. The number of amides is 1. The monoisotopic (exact) mass is 339 g/mol. The SMILES string of the molecule is CN1CCN(CC(O)CN(C)C(=O)Cc2cccc(Cl)c2)CC1. The van der Waals surface area contributed by atoms with E-state index < -0.39 is 6.10 Å². The lowest BCUT2D eigenvalue weighted by molar-refractivity contribution is -0.130. The summed E-state index contributed by atoms with van der Waals surface area (Å²) in [7, 11) is 3.84. The summed E-state index contributed by atoms with van der Waals surface area (Å²) >= 11 is 5.94. The van der Waals surface area contributed by atoms with E-state index in [2.05, 4.69) is 16.8 Å². The quantitative estimate of drug-likeness (QED) is 0.838. The standard InChI is InChI=1S/C17H26ClN3O2/c1-19-6-8-21(9-7-19)13-16(22)12-20(2)17(23)11-14-4-3-5-15(18)10-14/h3-5,10,16,22H,6-9,11-13H2,1-2H3. The normalized spacial score (nSPS) is 17.9. The molecular formula is C17H26ClN3O2. The summed E-state index contributed by atoms with van der Waals surface area (Å²) in [6.07, 6.45) is -0.218. The molecule has 0 spiro atoms. The Bertz CT molecular complexity index is 518. The number of hydrogen-bond acceptors (Lipinski definition) is 4. The molecule has 1 aliphatic heterocycles.